The first-order valence-electron chi connectivity index (χ1n) is 6.44. The average Bonchev–Trinajstić information content (AvgIpc) is 2.47. The molecule has 106 valence electrons. The third kappa shape index (κ3) is 3.54. The Balaban J connectivity index is 2.22. The van der Waals surface area contributed by atoms with Gasteiger partial charge in [-0.2, -0.15) is 0 Å². The number of nitrogens with one attached hydrogen (secondary N) is 2. The Bertz CT molecular complexity index is 551. The summed E-state index contributed by atoms with van der Waals surface area (Å²) in [5.74, 6) is 1.48. The molecule has 1 aromatic heterocycles. The van der Waals surface area contributed by atoms with E-state index in [1.165, 1.54) is 0 Å². The number of hydrogen-bond acceptors (Lipinski definition) is 5. The molecule has 2 aromatic rings. The van der Waals surface area contributed by atoms with E-state index in [1.54, 1.807) is 26.6 Å². The molecular formula is C15H19N3O2. The highest BCUT2D eigenvalue weighted by atomic mass is 16.5. The predicted molar refractivity (Wildman–Crippen MR) is 81.2 cm³/mol. The van der Waals surface area contributed by atoms with Crippen LogP contribution in [-0.4, -0.2) is 25.7 Å². The van der Waals surface area contributed by atoms with Crippen LogP contribution in [0.5, 0.6) is 11.5 Å². The van der Waals surface area contributed by atoms with E-state index < -0.39 is 0 Å². The number of hydrogen-bond donors (Lipinski definition) is 2. The maximum Gasteiger partial charge on any atom is 0.124 e. The normalized spacial score (nSPS) is 9.95. The Labute approximate surface area is 118 Å². The lowest BCUT2D eigenvalue weighted by atomic mass is 10.2. The van der Waals surface area contributed by atoms with Gasteiger partial charge in [0.2, 0.25) is 0 Å². The summed E-state index contributed by atoms with van der Waals surface area (Å²) in [4.78, 5) is 4.20. The van der Waals surface area contributed by atoms with Gasteiger partial charge >= 0.3 is 0 Å². The Morgan fingerprint density at radius 2 is 1.55 bits per heavy atom. The number of aromatic nitrogens is 1. The van der Waals surface area contributed by atoms with Crippen LogP contribution in [0.2, 0.25) is 0 Å². The number of nitrogens with zero attached hydrogens (tertiary/aromatic N) is 1. The largest absolute Gasteiger partial charge is 0.497 e. The zero-order chi connectivity index (χ0) is 14.4. The molecule has 0 amide bonds. The fourth-order valence-corrected chi connectivity index (χ4v) is 1.86. The van der Waals surface area contributed by atoms with Gasteiger partial charge in [0, 0.05) is 30.4 Å². The molecule has 0 aliphatic heterocycles. The molecule has 2 N–H and O–H groups in total. The van der Waals surface area contributed by atoms with Crippen LogP contribution in [0.25, 0.3) is 0 Å². The van der Waals surface area contributed by atoms with Crippen LogP contribution in [0.4, 0.5) is 17.1 Å². The van der Waals surface area contributed by atoms with Crippen molar-refractivity contribution in [1.82, 2.24) is 4.98 Å². The second kappa shape index (κ2) is 6.65. The standard InChI is InChI=1S/C15H19N3O2/c1-4-17-12-5-13(10-16-9-12)18-11-6-14(19-2)8-15(7-11)20-3/h5-10,17-18H,4H2,1-3H3. The lowest BCUT2D eigenvalue weighted by molar-refractivity contribution is 0.395. The maximum absolute atomic E-state index is 5.25. The summed E-state index contributed by atoms with van der Waals surface area (Å²) >= 11 is 0. The second-order valence-corrected chi connectivity index (χ2v) is 4.22. The van der Waals surface area contributed by atoms with Crippen LogP contribution in [0.3, 0.4) is 0 Å². The van der Waals surface area contributed by atoms with Crippen molar-refractivity contribution in [3.8, 4) is 11.5 Å². The lowest BCUT2D eigenvalue weighted by Crippen LogP contribution is -1.99. The van der Waals surface area contributed by atoms with Gasteiger partial charge in [0.1, 0.15) is 11.5 Å². The first-order chi connectivity index (χ1) is 9.75. The van der Waals surface area contributed by atoms with Crippen molar-refractivity contribution >= 4 is 17.1 Å². The number of ether oxygens (including phenoxy) is 2. The van der Waals surface area contributed by atoms with Crippen LogP contribution in [0, 0.1) is 0 Å². The van der Waals surface area contributed by atoms with E-state index in [0.717, 1.165) is 35.1 Å². The van der Waals surface area contributed by atoms with Crippen molar-refractivity contribution < 1.29 is 9.47 Å². The summed E-state index contributed by atoms with van der Waals surface area (Å²) in [6.07, 6.45) is 3.56. The topological polar surface area (TPSA) is 55.4 Å². The molecule has 0 spiro atoms. The Morgan fingerprint density at radius 1 is 0.900 bits per heavy atom. The molecule has 0 aliphatic rings. The van der Waals surface area contributed by atoms with Gasteiger partial charge < -0.3 is 20.1 Å². The highest BCUT2D eigenvalue weighted by Gasteiger charge is 2.03. The van der Waals surface area contributed by atoms with Crippen molar-refractivity contribution in [2.75, 3.05) is 31.4 Å². The van der Waals surface area contributed by atoms with Crippen LogP contribution in [-0.2, 0) is 0 Å². The van der Waals surface area contributed by atoms with E-state index in [9.17, 15) is 0 Å². The van der Waals surface area contributed by atoms with Gasteiger partial charge in [-0.3, -0.25) is 4.98 Å². The Kier molecular flexibility index (Phi) is 4.65. The third-order valence-corrected chi connectivity index (χ3v) is 2.76. The van der Waals surface area contributed by atoms with E-state index in [2.05, 4.69) is 15.6 Å². The molecule has 5 nitrogen and oxygen atoms in total. The summed E-state index contributed by atoms with van der Waals surface area (Å²) in [5.41, 5.74) is 2.77. The monoisotopic (exact) mass is 273 g/mol. The van der Waals surface area contributed by atoms with E-state index in [1.807, 2.05) is 31.2 Å². The molecule has 0 saturated heterocycles. The summed E-state index contributed by atoms with van der Waals surface area (Å²) in [7, 11) is 3.26. The van der Waals surface area contributed by atoms with E-state index in [4.69, 9.17) is 9.47 Å². The number of benzene rings is 1. The molecule has 0 aliphatic carbocycles. The minimum absolute atomic E-state index is 0.739. The zero-order valence-electron chi connectivity index (χ0n) is 11.9. The van der Waals surface area contributed by atoms with Gasteiger partial charge in [-0.1, -0.05) is 0 Å². The lowest BCUT2D eigenvalue weighted by Gasteiger charge is -2.11. The Morgan fingerprint density at radius 3 is 2.15 bits per heavy atom. The van der Waals surface area contributed by atoms with Crippen molar-refractivity contribution in [1.29, 1.82) is 0 Å². The van der Waals surface area contributed by atoms with E-state index in [0.29, 0.717) is 0 Å². The highest BCUT2D eigenvalue weighted by molar-refractivity contribution is 5.65. The molecule has 0 unspecified atom stereocenters. The summed E-state index contributed by atoms with van der Waals surface area (Å²) in [5, 5.41) is 6.52. The maximum atomic E-state index is 5.25. The SMILES string of the molecule is CCNc1cncc(Nc2cc(OC)cc(OC)c2)c1. The van der Waals surface area contributed by atoms with Crippen LogP contribution in [0.1, 0.15) is 6.92 Å². The predicted octanol–water partition coefficient (Wildman–Crippen LogP) is 3.27. The number of pyridine rings is 1. The molecule has 0 saturated carbocycles. The van der Waals surface area contributed by atoms with Crippen LogP contribution >= 0.6 is 0 Å². The van der Waals surface area contributed by atoms with Crippen LogP contribution < -0.4 is 20.1 Å². The molecule has 0 fully saturated rings. The molecule has 2 rings (SSSR count). The highest BCUT2D eigenvalue weighted by Crippen LogP contribution is 2.28. The fraction of sp³-hybridized carbons (Fsp3) is 0.267. The third-order valence-electron chi connectivity index (χ3n) is 2.76. The van der Waals surface area contributed by atoms with Gasteiger partial charge in [-0.05, 0) is 13.0 Å². The molecule has 5 heteroatoms. The number of anilines is 3. The number of methoxy groups -OCH3 is 2. The molecule has 1 heterocycles. The quantitative estimate of drug-likeness (QED) is 0.846. The van der Waals surface area contributed by atoms with Crippen LogP contribution in [0.15, 0.2) is 36.7 Å². The first kappa shape index (κ1) is 14.0. The van der Waals surface area contributed by atoms with Gasteiger partial charge in [0.05, 0.1) is 38.0 Å². The van der Waals surface area contributed by atoms with Crippen molar-refractivity contribution in [2.24, 2.45) is 0 Å². The summed E-state index contributed by atoms with van der Waals surface area (Å²) < 4.78 is 10.5. The number of rotatable bonds is 6. The molecule has 20 heavy (non-hydrogen) atoms. The van der Waals surface area contributed by atoms with E-state index in [-0.39, 0.29) is 0 Å². The Hall–Kier alpha value is -2.43. The van der Waals surface area contributed by atoms with Gasteiger partial charge in [0.25, 0.3) is 0 Å². The molecule has 0 atom stereocenters. The van der Waals surface area contributed by atoms with Gasteiger partial charge in [-0.15, -0.1) is 0 Å². The molecule has 0 radical (unpaired) electrons. The second-order valence-electron chi connectivity index (χ2n) is 4.22. The van der Waals surface area contributed by atoms with Gasteiger partial charge in [0.15, 0.2) is 0 Å². The van der Waals surface area contributed by atoms with Crippen molar-refractivity contribution in [2.45, 2.75) is 6.92 Å². The summed E-state index contributed by atoms with van der Waals surface area (Å²) in [6, 6.07) is 7.64. The molecular weight excluding hydrogens is 254 g/mol. The van der Waals surface area contributed by atoms with Gasteiger partial charge in [-0.25, -0.2) is 0 Å². The minimum Gasteiger partial charge on any atom is -0.497 e. The fourth-order valence-electron chi connectivity index (χ4n) is 1.86. The summed E-state index contributed by atoms with van der Waals surface area (Å²) in [6.45, 7) is 2.91. The average molecular weight is 273 g/mol. The first-order valence-corrected chi connectivity index (χ1v) is 6.44. The molecule has 0 bridgehead atoms. The molecule has 1 aromatic carbocycles. The van der Waals surface area contributed by atoms with Crippen molar-refractivity contribution in [3.05, 3.63) is 36.7 Å². The van der Waals surface area contributed by atoms with Crippen molar-refractivity contribution in [3.63, 3.8) is 0 Å². The zero-order valence-corrected chi connectivity index (χ0v) is 11.9. The van der Waals surface area contributed by atoms with E-state index >= 15 is 0 Å². The minimum atomic E-state index is 0.739. The smallest absolute Gasteiger partial charge is 0.124 e.